The van der Waals surface area contributed by atoms with Gasteiger partial charge >= 0.3 is 5.97 Å². The van der Waals surface area contributed by atoms with Gasteiger partial charge in [0.15, 0.2) is 5.13 Å². The first kappa shape index (κ1) is 21.7. The molecular formula is C22H25N3O4S. The number of fused-ring (bicyclic) bond motifs is 1. The number of rotatable bonds is 7. The number of carbonyl (C=O) groups is 2. The van der Waals surface area contributed by atoms with Gasteiger partial charge < -0.3 is 14.6 Å². The fraction of sp³-hybridized carbons (Fsp3) is 0.364. The van der Waals surface area contributed by atoms with E-state index in [2.05, 4.69) is 10.3 Å². The highest BCUT2D eigenvalue weighted by molar-refractivity contribution is 7.17. The van der Waals surface area contributed by atoms with Crippen LogP contribution in [0.4, 0.5) is 5.13 Å². The summed E-state index contributed by atoms with van der Waals surface area (Å²) in [6.45, 7) is 8.10. The van der Waals surface area contributed by atoms with Crippen LogP contribution in [0.25, 0.3) is 10.9 Å². The number of benzene rings is 1. The normalized spacial score (nSPS) is 11.1. The Morgan fingerprint density at radius 1 is 1.23 bits per heavy atom. The highest BCUT2D eigenvalue weighted by Gasteiger charge is 2.18. The summed E-state index contributed by atoms with van der Waals surface area (Å²) in [7, 11) is 0. The van der Waals surface area contributed by atoms with Crippen LogP contribution in [0.3, 0.4) is 0 Å². The first-order valence-corrected chi connectivity index (χ1v) is 10.6. The van der Waals surface area contributed by atoms with E-state index in [1.165, 1.54) is 0 Å². The molecular weight excluding hydrogens is 402 g/mol. The molecule has 1 N–H and O–H groups in total. The van der Waals surface area contributed by atoms with Crippen molar-refractivity contribution < 1.29 is 14.3 Å². The number of esters is 1. The van der Waals surface area contributed by atoms with Crippen LogP contribution < -0.4 is 10.9 Å². The molecule has 7 nitrogen and oxygen atoms in total. The number of carbonyl (C=O) groups excluding carboxylic acids is 2. The molecule has 8 heteroatoms. The lowest BCUT2D eigenvalue weighted by Gasteiger charge is -2.11. The molecule has 3 rings (SSSR count). The van der Waals surface area contributed by atoms with Crippen LogP contribution in [0.2, 0.25) is 0 Å². The standard InChI is InChI=1S/C22H25N3O4S/c1-13(2)12-29-21(28)20-15(4)23-22(30-20)24-18(26)9-10-25-17-8-6-5-7-16(17)14(3)11-19(25)27/h5-8,11,13H,9-10,12H2,1-4H3,(H,23,24,26). The Hall–Kier alpha value is -3.00. The van der Waals surface area contributed by atoms with Crippen molar-refractivity contribution in [2.24, 2.45) is 5.92 Å². The third kappa shape index (κ3) is 4.94. The molecule has 0 bridgehead atoms. The van der Waals surface area contributed by atoms with Crippen molar-refractivity contribution in [1.82, 2.24) is 9.55 Å². The molecule has 0 saturated heterocycles. The average Bonchev–Trinajstić information content (AvgIpc) is 3.06. The van der Waals surface area contributed by atoms with Crippen molar-refractivity contribution in [2.75, 3.05) is 11.9 Å². The highest BCUT2D eigenvalue weighted by Crippen LogP contribution is 2.24. The molecule has 0 fully saturated rings. The predicted molar refractivity (Wildman–Crippen MR) is 118 cm³/mol. The lowest BCUT2D eigenvalue weighted by molar-refractivity contribution is -0.116. The monoisotopic (exact) mass is 427 g/mol. The third-order valence-corrected chi connectivity index (χ3v) is 5.62. The van der Waals surface area contributed by atoms with Crippen LogP contribution in [-0.4, -0.2) is 28.0 Å². The second-order valence-electron chi connectivity index (χ2n) is 7.56. The number of aryl methyl sites for hydroxylation is 3. The van der Waals surface area contributed by atoms with Crippen LogP contribution in [0.5, 0.6) is 0 Å². The van der Waals surface area contributed by atoms with Gasteiger partial charge in [-0.1, -0.05) is 43.4 Å². The molecule has 0 radical (unpaired) electrons. The van der Waals surface area contributed by atoms with E-state index in [0.29, 0.717) is 22.3 Å². The smallest absolute Gasteiger partial charge is 0.350 e. The van der Waals surface area contributed by atoms with Gasteiger partial charge in [0.1, 0.15) is 4.88 Å². The lowest BCUT2D eigenvalue weighted by Crippen LogP contribution is -2.23. The number of ether oxygens (including phenoxy) is 1. The largest absolute Gasteiger partial charge is 0.461 e. The van der Waals surface area contributed by atoms with E-state index in [0.717, 1.165) is 27.8 Å². The molecule has 2 aromatic heterocycles. The predicted octanol–water partition coefficient (Wildman–Crippen LogP) is 3.92. The van der Waals surface area contributed by atoms with E-state index in [-0.39, 0.29) is 30.3 Å². The SMILES string of the molecule is Cc1nc(NC(=O)CCn2c(=O)cc(C)c3ccccc32)sc1C(=O)OCC(C)C. The van der Waals surface area contributed by atoms with Gasteiger partial charge in [-0.3, -0.25) is 9.59 Å². The van der Waals surface area contributed by atoms with Crippen molar-refractivity contribution in [3.8, 4) is 0 Å². The number of pyridine rings is 1. The van der Waals surface area contributed by atoms with E-state index >= 15 is 0 Å². The first-order chi connectivity index (χ1) is 14.3. The van der Waals surface area contributed by atoms with Crippen LogP contribution in [0, 0.1) is 19.8 Å². The molecule has 2 heterocycles. The minimum Gasteiger partial charge on any atom is -0.461 e. The molecule has 1 amide bonds. The van der Waals surface area contributed by atoms with Crippen molar-refractivity contribution >= 4 is 39.2 Å². The molecule has 158 valence electrons. The fourth-order valence-corrected chi connectivity index (χ4v) is 3.95. The molecule has 0 aliphatic carbocycles. The number of anilines is 1. The summed E-state index contributed by atoms with van der Waals surface area (Å²) in [4.78, 5) is 41.7. The molecule has 3 aromatic rings. The van der Waals surface area contributed by atoms with Crippen LogP contribution in [0.1, 0.15) is 41.2 Å². The molecule has 0 unspecified atom stereocenters. The number of para-hydroxylation sites is 1. The summed E-state index contributed by atoms with van der Waals surface area (Å²) >= 11 is 1.09. The minimum absolute atomic E-state index is 0.110. The summed E-state index contributed by atoms with van der Waals surface area (Å²) < 4.78 is 6.84. The number of hydrogen-bond donors (Lipinski definition) is 1. The zero-order valence-corrected chi connectivity index (χ0v) is 18.3. The second kappa shape index (κ2) is 9.21. The van der Waals surface area contributed by atoms with E-state index in [9.17, 15) is 14.4 Å². The van der Waals surface area contributed by atoms with Crippen LogP contribution in [-0.2, 0) is 16.1 Å². The summed E-state index contributed by atoms with van der Waals surface area (Å²) in [5.41, 5.74) is 2.09. The minimum atomic E-state index is -0.433. The van der Waals surface area contributed by atoms with Gasteiger partial charge in [-0.25, -0.2) is 9.78 Å². The zero-order chi connectivity index (χ0) is 21.8. The number of thiazole rings is 1. The van der Waals surface area contributed by atoms with E-state index < -0.39 is 5.97 Å². The fourth-order valence-electron chi connectivity index (χ4n) is 3.08. The highest BCUT2D eigenvalue weighted by atomic mass is 32.1. The maximum absolute atomic E-state index is 12.4. The number of hydrogen-bond acceptors (Lipinski definition) is 6. The lowest BCUT2D eigenvalue weighted by atomic mass is 10.1. The van der Waals surface area contributed by atoms with Gasteiger partial charge in [-0.2, -0.15) is 0 Å². The molecule has 0 aliphatic rings. The van der Waals surface area contributed by atoms with Crippen molar-refractivity contribution in [1.29, 1.82) is 0 Å². The van der Waals surface area contributed by atoms with Gasteiger partial charge in [-0.15, -0.1) is 0 Å². The molecule has 0 spiro atoms. The summed E-state index contributed by atoms with van der Waals surface area (Å²) in [6.07, 6.45) is 0.110. The first-order valence-electron chi connectivity index (χ1n) is 9.80. The maximum Gasteiger partial charge on any atom is 0.350 e. The average molecular weight is 428 g/mol. The van der Waals surface area contributed by atoms with Crippen molar-refractivity contribution in [3.63, 3.8) is 0 Å². The van der Waals surface area contributed by atoms with Gasteiger partial charge in [0.05, 0.1) is 17.8 Å². The number of amides is 1. The summed E-state index contributed by atoms with van der Waals surface area (Å²) in [5.74, 6) is -0.470. The Labute approximate surface area is 178 Å². The Bertz CT molecular complexity index is 1150. The van der Waals surface area contributed by atoms with E-state index in [4.69, 9.17) is 4.74 Å². The Balaban J connectivity index is 1.68. The second-order valence-corrected chi connectivity index (χ2v) is 8.56. The molecule has 30 heavy (non-hydrogen) atoms. The Morgan fingerprint density at radius 3 is 2.70 bits per heavy atom. The quantitative estimate of drug-likeness (QED) is 0.577. The Morgan fingerprint density at radius 2 is 1.97 bits per heavy atom. The molecule has 0 atom stereocenters. The molecule has 0 aliphatic heterocycles. The van der Waals surface area contributed by atoms with Gasteiger partial charge in [0.2, 0.25) is 5.91 Å². The van der Waals surface area contributed by atoms with Gasteiger partial charge in [0.25, 0.3) is 5.56 Å². The van der Waals surface area contributed by atoms with Gasteiger partial charge in [-0.05, 0) is 31.4 Å². The number of aromatic nitrogens is 2. The van der Waals surface area contributed by atoms with E-state index in [1.807, 2.05) is 45.0 Å². The number of nitrogens with one attached hydrogen (secondary N) is 1. The van der Waals surface area contributed by atoms with Crippen molar-refractivity contribution in [3.05, 3.63) is 56.8 Å². The van der Waals surface area contributed by atoms with Gasteiger partial charge in [0, 0.05) is 24.4 Å². The van der Waals surface area contributed by atoms with Crippen molar-refractivity contribution in [2.45, 2.75) is 40.7 Å². The maximum atomic E-state index is 12.4. The topological polar surface area (TPSA) is 90.3 Å². The number of nitrogens with zero attached hydrogens (tertiary/aromatic N) is 2. The zero-order valence-electron chi connectivity index (χ0n) is 17.5. The summed E-state index contributed by atoms with van der Waals surface area (Å²) in [6, 6.07) is 9.21. The Kier molecular flexibility index (Phi) is 6.66. The van der Waals surface area contributed by atoms with E-state index in [1.54, 1.807) is 17.6 Å². The van der Waals surface area contributed by atoms with Crippen LogP contribution >= 0.6 is 11.3 Å². The van der Waals surface area contributed by atoms with Crippen LogP contribution in [0.15, 0.2) is 35.1 Å². The molecule has 0 saturated carbocycles. The molecule has 1 aromatic carbocycles. The summed E-state index contributed by atoms with van der Waals surface area (Å²) in [5, 5.41) is 4.04. The third-order valence-electron chi connectivity index (χ3n) is 4.56.